The van der Waals surface area contributed by atoms with E-state index in [-0.39, 0.29) is 23.3 Å². The molecule has 0 saturated carbocycles. The molecule has 3 N–H and O–H groups in total. The first-order valence-electron chi connectivity index (χ1n) is 5.94. The molecule has 0 aromatic heterocycles. The molecule has 1 unspecified atom stereocenters. The molecule has 6 heteroatoms. The summed E-state index contributed by atoms with van der Waals surface area (Å²) in [5, 5.41) is 2.67. The predicted molar refractivity (Wildman–Crippen MR) is 69.8 cm³/mol. The molecular formula is C13H19FN2O3. The molecule has 19 heavy (non-hydrogen) atoms. The van der Waals surface area contributed by atoms with Crippen LogP contribution in [0.5, 0.6) is 5.75 Å². The summed E-state index contributed by atoms with van der Waals surface area (Å²) in [6.45, 7) is 0.851. The Morgan fingerprint density at radius 3 is 2.79 bits per heavy atom. The fraction of sp³-hybridized carbons (Fsp3) is 0.462. The van der Waals surface area contributed by atoms with E-state index in [0.717, 1.165) is 6.07 Å². The minimum absolute atomic E-state index is 0.110. The van der Waals surface area contributed by atoms with E-state index in [1.54, 1.807) is 7.11 Å². The number of carbonyl (C=O) groups excluding carboxylic acids is 1. The van der Waals surface area contributed by atoms with Gasteiger partial charge in [-0.05, 0) is 24.6 Å². The van der Waals surface area contributed by atoms with Crippen molar-refractivity contribution < 1.29 is 18.7 Å². The number of nitrogens with two attached hydrogens (primary N) is 1. The van der Waals surface area contributed by atoms with Gasteiger partial charge in [0.2, 0.25) is 0 Å². The summed E-state index contributed by atoms with van der Waals surface area (Å²) < 4.78 is 23.1. The zero-order valence-corrected chi connectivity index (χ0v) is 11.1. The van der Waals surface area contributed by atoms with Gasteiger partial charge in [0.15, 0.2) is 11.6 Å². The van der Waals surface area contributed by atoms with Crippen LogP contribution in [0.2, 0.25) is 0 Å². The van der Waals surface area contributed by atoms with Crippen LogP contribution in [0.1, 0.15) is 16.8 Å². The largest absolute Gasteiger partial charge is 0.494 e. The van der Waals surface area contributed by atoms with Crippen molar-refractivity contribution in [3.8, 4) is 5.75 Å². The predicted octanol–water partition coefficient (Wildman–Crippen LogP) is 0.928. The molecule has 0 aliphatic rings. The summed E-state index contributed by atoms with van der Waals surface area (Å²) in [6, 6.07) is 3.94. The number of hydrogen-bond acceptors (Lipinski definition) is 4. The van der Waals surface area contributed by atoms with Gasteiger partial charge in [0.25, 0.3) is 5.91 Å². The Morgan fingerprint density at radius 2 is 2.21 bits per heavy atom. The highest BCUT2D eigenvalue weighted by atomic mass is 19.1. The molecule has 0 heterocycles. The van der Waals surface area contributed by atoms with Gasteiger partial charge in [0.1, 0.15) is 0 Å². The zero-order chi connectivity index (χ0) is 14.3. The summed E-state index contributed by atoms with van der Waals surface area (Å²) in [7, 11) is 2.94. The summed E-state index contributed by atoms with van der Waals surface area (Å²) >= 11 is 0. The van der Waals surface area contributed by atoms with Crippen molar-refractivity contribution >= 4 is 5.91 Å². The fourth-order valence-corrected chi connectivity index (χ4v) is 1.58. The van der Waals surface area contributed by atoms with Crippen LogP contribution in [0.3, 0.4) is 0 Å². The smallest absolute Gasteiger partial charge is 0.251 e. The second-order valence-electron chi connectivity index (χ2n) is 4.11. The van der Waals surface area contributed by atoms with E-state index in [1.807, 2.05) is 0 Å². The molecule has 0 radical (unpaired) electrons. The molecule has 0 aliphatic carbocycles. The molecule has 1 atom stereocenters. The number of amides is 1. The van der Waals surface area contributed by atoms with Crippen LogP contribution in [0.25, 0.3) is 0 Å². The van der Waals surface area contributed by atoms with Gasteiger partial charge in [0.05, 0.1) is 13.7 Å². The van der Waals surface area contributed by atoms with Crippen molar-refractivity contribution in [3.05, 3.63) is 29.6 Å². The molecule has 0 aliphatic heterocycles. The minimum Gasteiger partial charge on any atom is -0.494 e. The Morgan fingerprint density at radius 1 is 1.47 bits per heavy atom. The van der Waals surface area contributed by atoms with Gasteiger partial charge in [-0.25, -0.2) is 4.39 Å². The lowest BCUT2D eigenvalue weighted by molar-refractivity contribution is 0.0949. The molecule has 0 bridgehead atoms. The van der Waals surface area contributed by atoms with E-state index in [4.69, 9.17) is 15.2 Å². The lowest BCUT2D eigenvalue weighted by atomic mass is 10.2. The number of methoxy groups -OCH3 is 2. The molecule has 5 nitrogen and oxygen atoms in total. The Bertz CT molecular complexity index is 426. The summed E-state index contributed by atoms with van der Waals surface area (Å²) in [5.74, 6) is -0.795. The van der Waals surface area contributed by atoms with E-state index >= 15 is 0 Å². The summed E-state index contributed by atoms with van der Waals surface area (Å²) in [4.78, 5) is 11.7. The first kappa shape index (κ1) is 15.4. The Hall–Kier alpha value is -1.66. The molecule has 1 rings (SSSR count). The lowest BCUT2D eigenvalue weighted by Gasteiger charge is -2.11. The third-order valence-corrected chi connectivity index (χ3v) is 2.60. The Balaban J connectivity index is 2.47. The third kappa shape index (κ3) is 4.84. The van der Waals surface area contributed by atoms with Gasteiger partial charge in [-0.1, -0.05) is 0 Å². The van der Waals surface area contributed by atoms with Gasteiger partial charge >= 0.3 is 0 Å². The van der Waals surface area contributed by atoms with Gasteiger partial charge in [-0.15, -0.1) is 0 Å². The van der Waals surface area contributed by atoms with Crippen LogP contribution in [0.4, 0.5) is 4.39 Å². The molecular weight excluding hydrogens is 251 g/mol. The number of hydrogen-bond donors (Lipinski definition) is 2. The molecule has 0 spiro atoms. The van der Waals surface area contributed by atoms with Crippen molar-refractivity contribution in [1.82, 2.24) is 5.32 Å². The highest BCUT2D eigenvalue weighted by Crippen LogP contribution is 2.17. The molecule has 1 aromatic rings. The zero-order valence-electron chi connectivity index (χ0n) is 11.1. The molecule has 1 amide bonds. The monoisotopic (exact) mass is 270 g/mol. The average Bonchev–Trinajstić information content (AvgIpc) is 2.38. The topological polar surface area (TPSA) is 73.6 Å². The maximum Gasteiger partial charge on any atom is 0.251 e. The molecule has 0 fully saturated rings. The molecule has 1 aromatic carbocycles. The normalized spacial score (nSPS) is 12.0. The maximum atomic E-state index is 13.4. The summed E-state index contributed by atoms with van der Waals surface area (Å²) in [6.07, 6.45) is 0.595. The standard InChI is InChI=1S/C13H19FN2O3/c1-18-8-10(15)5-6-16-13(17)9-3-4-12(19-2)11(14)7-9/h3-4,7,10H,5-6,8,15H2,1-2H3,(H,16,17). The van der Waals surface area contributed by atoms with E-state index in [2.05, 4.69) is 5.32 Å². The first-order chi connectivity index (χ1) is 9.08. The van der Waals surface area contributed by atoms with Crippen molar-refractivity contribution in [1.29, 1.82) is 0 Å². The van der Waals surface area contributed by atoms with Crippen LogP contribution in [0.15, 0.2) is 18.2 Å². The van der Waals surface area contributed by atoms with Gasteiger partial charge < -0.3 is 20.5 Å². The third-order valence-electron chi connectivity index (χ3n) is 2.60. The van der Waals surface area contributed by atoms with Gasteiger partial charge in [-0.2, -0.15) is 0 Å². The van der Waals surface area contributed by atoms with Crippen LogP contribution in [-0.2, 0) is 4.74 Å². The van der Waals surface area contributed by atoms with E-state index in [1.165, 1.54) is 19.2 Å². The van der Waals surface area contributed by atoms with Crippen LogP contribution in [0, 0.1) is 5.82 Å². The van der Waals surface area contributed by atoms with E-state index in [0.29, 0.717) is 19.6 Å². The second kappa shape index (κ2) is 7.70. The van der Waals surface area contributed by atoms with Crippen LogP contribution in [-0.4, -0.2) is 39.3 Å². The SMILES string of the molecule is COCC(N)CCNC(=O)c1ccc(OC)c(F)c1. The minimum atomic E-state index is -0.564. The first-order valence-corrected chi connectivity index (χ1v) is 5.94. The highest BCUT2D eigenvalue weighted by molar-refractivity contribution is 5.94. The lowest BCUT2D eigenvalue weighted by Crippen LogP contribution is -2.32. The quantitative estimate of drug-likeness (QED) is 0.773. The number of carbonyl (C=O) groups is 1. The van der Waals surface area contributed by atoms with E-state index in [9.17, 15) is 9.18 Å². The molecule has 106 valence electrons. The Kier molecular flexibility index (Phi) is 6.24. The number of benzene rings is 1. The van der Waals surface area contributed by atoms with Crippen molar-refractivity contribution in [2.75, 3.05) is 27.4 Å². The van der Waals surface area contributed by atoms with Crippen molar-refractivity contribution in [3.63, 3.8) is 0 Å². The van der Waals surface area contributed by atoms with E-state index < -0.39 is 5.82 Å². The highest BCUT2D eigenvalue weighted by Gasteiger charge is 2.10. The van der Waals surface area contributed by atoms with Crippen LogP contribution < -0.4 is 15.8 Å². The number of halogens is 1. The fourth-order valence-electron chi connectivity index (χ4n) is 1.58. The second-order valence-corrected chi connectivity index (χ2v) is 4.11. The average molecular weight is 270 g/mol. The number of rotatable bonds is 7. The van der Waals surface area contributed by atoms with Crippen molar-refractivity contribution in [2.45, 2.75) is 12.5 Å². The van der Waals surface area contributed by atoms with Gasteiger partial charge in [-0.3, -0.25) is 4.79 Å². The number of ether oxygens (including phenoxy) is 2. The molecule has 0 saturated heterocycles. The van der Waals surface area contributed by atoms with Crippen LogP contribution >= 0.6 is 0 Å². The number of nitrogens with one attached hydrogen (secondary N) is 1. The summed E-state index contributed by atoms with van der Waals surface area (Å²) in [5.41, 5.74) is 5.97. The van der Waals surface area contributed by atoms with Crippen molar-refractivity contribution in [2.24, 2.45) is 5.73 Å². The van der Waals surface area contributed by atoms with Gasteiger partial charge in [0, 0.05) is 25.3 Å². The maximum absolute atomic E-state index is 13.4. The Labute approximate surface area is 111 Å².